The van der Waals surface area contributed by atoms with E-state index in [9.17, 15) is 45.6 Å². The van der Waals surface area contributed by atoms with Gasteiger partial charge in [0.2, 0.25) is 5.91 Å². The van der Waals surface area contributed by atoms with Gasteiger partial charge in [0, 0.05) is 6.42 Å². The predicted octanol–water partition coefficient (Wildman–Crippen LogP) is 13.7. The van der Waals surface area contributed by atoms with E-state index in [-0.39, 0.29) is 12.5 Å². The number of aliphatic hydroxyl groups is 8. The Morgan fingerprint density at radius 1 is 0.425 bits per heavy atom. The summed E-state index contributed by atoms with van der Waals surface area (Å²) >= 11 is 0. The lowest BCUT2D eigenvalue weighted by Crippen LogP contribution is -2.65. The number of rotatable bonds is 54. The van der Waals surface area contributed by atoms with Gasteiger partial charge in [-0.25, -0.2) is 0 Å². The standard InChI is InChI=1S/C73H123NO13/c1-3-5-7-9-11-13-15-17-18-19-20-21-22-23-24-25-26-27-28-29-30-31-32-33-34-35-36-37-38-39-40-41-42-43-44-45-47-49-51-53-55-57-65(78)74-61(62(77)56-54-52-50-48-46-16-14-12-10-8-6-4-2)60-84-72-70(83)68(81)71(64(59-76)86-72)87-73-69(82)67(80)66(79)63(58-75)85-73/h5,7,11,13,17-18,20-21,23-24,26-27,29-30,32-33,35-36,38-39,61-64,66-73,75-77,79-83H,3-4,6,8-10,12,14-16,19,22,25,28,31,34,37,40-60H2,1-2H3,(H,74,78)/b7-5-,13-11-,18-17-,21-20-,24-23-,27-26-,30-29-,33-32-,36-35-,39-38-. The third kappa shape index (κ3) is 40.7. The van der Waals surface area contributed by atoms with E-state index in [4.69, 9.17) is 18.9 Å². The predicted molar refractivity (Wildman–Crippen MR) is 355 cm³/mol. The van der Waals surface area contributed by atoms with Crippen LogP contribution in [0.25, 0.3) is 0 Å². The van der Waals surface area contributed by atoms with Crippen LogP contribution in [0.5, 0.6) is 0 Å². The van der Waals surface area contributed by atoms with Crippen LogP contribution in [0.3, 0.4) is 0 Å². The van der Waals surface area contributed by atoms with Gasteiger partial charge in [-0.3, -0.25) is 4.79 Å². The third-order valence-corrected chi connectivity index (χ3v) is 15.9. The van der Waals surface area contributed by atoms with Crippen LogP contribution in [-0.4, -0.2) is 140 Å². The van der Waals surface area contributed by atoms with Crippen molar-refractivity contribution < 1.29 is 64.6 Å². The largest absolute Gasteiger partial charge is 0.394 e. The zero-order valence-electron chi connectivity index (χ0n) is 54.0. The van der Waals surface area contributed by atoms with E-state index in [0.717, 1.165) is 116 Å². The van der Waals surface area contributed by atoms with Crippen LogP contribution >= 0.6 is 0 Å². The Morgan fingerprint density at radius 3 is 1.22 bits per heavy atom. The first kappa shape index (κ1) is 79.5. The van der Waals surface area contributed by atoms with E-state index < -0.39 is 86.8 Å². The van der Waals surface area contributed by atoms with Crippen molar-refractivity contribution in [3.05, 3.63) is 122 Å². The highest BCUT2D eigenvalue weighted by molar-refractivity contribution is 5.76. The van der Waals surface area contributed by atoms with Crippen molar-refractivity contribution in [2.24, 2.45) is 0 Å². The summed E-state index contributed by atoms with van der Waals surface area (Å²) in [4.78, 5) is 13.3. The number of hydrogen-bond donors (Lipinski definition) is 9. The summed E-state index contributed by atoms with van der Waals surface area (Å²) in [5.41, 5.74) is 0. The molecule has 2 aliphatic rings. The molecule has 9 N–H and O–H groups in total. The molecule has 2 heterocycles. The number of amides is 1. The number of carbonyl (C=O) groups is 1. The minimum atomic E-state index is -1.79. The number of carbonyl (C=O) groups excluding carboxylic acids is 1. The molecule has 0 aliphatic carbocycles. The summed E-state index contributed by atoms with van der Waals surface area (Å²) in [6, 6.07) is -0.838. The molecule has 14 nitrogen and oxygen atoms in total. The number of hydrogen-bond acceptors (Lipinski definition) is 13. The quantitative estimate of drug-likeness (QED) is 0.0204. The highest BCUT2D eigenvalue weighted by atomic mass is 16.7. The second-order valence-electron chi connectivity index (χ2n) is 23.6. The minimum Gasteiger partial charge on any atom is -0.394 e. The Bertz CT molecular complexity index is 1920. The molecule has 14 heteroatoms. The first-order valence-corrected chi connectivity index (χ1v) is 34.3. The summed E-state index contributed by atoms with van der Waals surface area (Å²) in [6.07, 6.45) is 65.1. The highest BCUT2D eigenvalue weighted by Crippen LogP contribution is 2.30. The van der Waals surface area contributed by atoms with Crippen molar-refractivity contribution in [3.63, 3.8) is 0 Å². The molecule has 0 aromatic carbocycles. The second kappa shape index (κ2) is 56.4. The molecule has 12 atom stereocenters. The van der Waals surface area contributed by atoms with Gasteiger partial charge in [0.05, 0.1) is 32.0 Å². The van der Waals surface area contributed by atoms with E-state index in [1.807, 2.05) is 0 Å². The smallest absolute Gasteiger partial charge is 0.220 e. The zero-order valence-corrected chi connectivity index (χ0v) is 54.0. The molecular weight excluding hydrogens is 1100 g/mol. The van der Waals surface area contributed by atoms with Crippen molar-refractivity contribution in [2.45, 2.75) is 312 Å². The normalized spacial score (nSPS) is 24.1. The molecule has 1 amide bonds. The van der Waals surface area contributed by atoms with Crippen molar-refractivity contribution in [2.75, 3.05) is 19.8 Å². The number of aliphatic hydroxyl groups excluding tert-OH is 8. The maximum Gasteiger partial charge on any atom is 0.220 e. The first-order valence-electron chi connectivity index (χ1n) is 34.3. The Morgan fingerprint density at radius 2 is 0.793 bits per heavy atom. The van der Waals surface area contributed by atoms with Crippen molar-refractivity contribution in [3.8, 4) is 0 Å². The van der Waals surface area contributed by atoms with Gasteiger partial charge in [-0.15, -0.1) is 0 Å². The number of nitrogens with one attached hydrogen (secondary N) is 1. The molecule has 0 aromatic heterocycles. The lowest BCUT2D eigenvalue weighted by molar-refractivity contribution is -0.359. The molecule has 12 unspecified atom stereocenters. The van der Waals surface area contributed by atoms with Gasteiger partial charge in [0.1, 0.15) is 48.8 Å². The number of unbranched alkanes of at least 4 members (excludes halogenated alkanes) is 21. The second-order valence-corrected chi connectivity index (χ2v) is 23.6. The molecule has 498 valence electrons. The van der Waals surface area contributed by atoms with Crippen molar-refractivity contribution in [1.29, 1.82) is 0 Å². The Hall–Kier alpha value is -3.61. The van der Waals surface area contributed by atoms with Gasteiger partial charge >= 0.3 is 0 Å². The lowest BCUT2D eigenvalue weighted by Gasteiger charge is -2.46. The summed E-state index contributed by atoms with van der Waals surface area (Å²) in [5, 5.41) is 87.3. The summed E-state index contributed by atoms with van der Waals surface area (Å²) < 4.78 is 22.8. The lowest BCUT2D eigenvalue weighted by atomic mass is 9.97. The third-order valence-electron chi connectivity index (χ3n) is 15.9. The zero-order chi connectivity index (χ0) is 63.1. The molecule has 2 rings (SSSR count). The van der Waals surface area contributed by atoms with Gasteiger partial charge in [-0.2, -0.15) is 0 Å². The molecule has 2 fully saturated rings. The SMILES string of the molecule is CC/C=C\C/C=C\C/C=C\C/C=C\C/C=C\C/C=C\C/C=C\C/C=C\C/C=C\C/C=C\CCCCCCCCCCCCC(=O)NC(COC1OC(CO)C(OC2OC(CO)C(O)C(O)C2O)C(O)C1O)C(O)CCCCCCCCCCCCCC. The van der Waals surface area contributed by atoms with Crippen LogP contribution in [0.2, 0.25) is 0 Å². The molecular formula is C73H123NO13. The van der Waals surface area contributed by atoms with Crippen LogP contribution < -0.4 is 5.32 Å². The van der Waals surface area contributed by atoms with Gasteiger partial charge in [0.15, 0.2) is 12.6 Å². The number of ether oxygens (including phenoxy) is 4. The fourth-order valence-corrected chi connectivity index (χ4v) is 10.5. The fourth-order valence-electron chi connectivity index (χ4n) is 10.5. The summed E-state index contributed by atoms with van der Waals surface area (Å²) in [6.45, 7) is 2.73. The van der Waals surface area contributed by atoms with Gasteiger partial charge in [-0.1, -0.05) is 264 Å². The summed E-state index contributed by atoms with van der Waals surface area (Å²) in [5.74, 6) is -0.216. The highest BCUT2D eigenvalue weighted by Gasteiger charge is 2.51. The van der Waals surface area contributed by atoms with Crippen LogP contribution in [0.15, 0.2) is 122 Å². The maximum atomic E-state index is 13.3. The van der Waals surface area contributed by atoms with E-state index in [1.165, 1.54) is 89.9 Å². The Kier molecular flexibility index (Phi) is 51.5. The maximum absolute atomic E-state index is 13.3. The van der Waals surface area contributed by atoms with E-state index >= 15 is 0 Å². The average Bonchev–Trinajstić information content (AvgIpc) is 2.31. The molecule has 0 spiro atoms. The monoisotopic (exact) mass is 1220 g/mol. The molecule has 0 bridgehead atoms. The van der Waals surface area contributed by atoms with Gasteiger partial charge < -0.3 is 65.1 Å². The summed E-state index contributed by atoms with van der Waals surface area (Å²) in [7, 11) is 0. The topological polar surface area (TPSA) is 228 Å². The van der Waals surface area contributed by atoms with Crippen molar-refractivity contribution >= 4 is 5.91 Å². The molecule has 2 saturated heterocycles. The first-order chi connectivity index (χ1) is 42.6. The molecule has 0 saturated carbocycles. The van der Waals surface area contributed by atoms with E-state index in [1.54, 1.807) is 0 Å². The van der Waals surface area contributed by atoms with Crippen LogP contribution in [-0.2, 0) is 23.7 Å². The average molecular weight is 1220 g/mol. The molecule has 2 aliphatic heterocycles. The van der Waals surface area contributed by atoms with Crippen LogP contribution in [0.1, 0.15) is 239 Å². The van der Waals surface area contributed by atoms with E-state index in [0.29, 0.717) is 19.3 Å². The minimum absolute atomic E-state index is 0.216. The number of allylic oxidation sites excluding steroid dienone is 20. The van der Waals surface area contributed by atoms with Crippen LogP contribution in [0.4, 0.5) is 0 Å². The Labute approximate surface area is 527 Å². The Balaban J connectivity index is 1.59. The van der Waals surface area contributed by atoms with Crippen molar-refractivity contribution in [1.82, 2.24) is 5.32 Å². The van der Waals surface area contributed by atoms with Crippen LogP contribution in [0, 0.1) is 0 Å². The van der Waals surface area contributed by atoms with E-state index in [2.05, 4.69) is 141 Å². The fraction of sp³-hybridized carbons (Fsp3) is 0.712. The molecule has 0 aromatic rings. The molecule has 87 heavy (non-hydrogen) atoms. The molecule has 0 radical (unpaired) electrons. The van der Waals surface area contributed by atoms with Gasteiger partial charge in [-0.05, 0) is 89.9 Å². The van der Waals surface area contributed by atoms with Gasteiger partial charge in [0.25, 0.3) is 0 Å².